The Hall–Kier alpha value is -1.68. The highest BCUT2D eigenvalue weighted by Gasteiger charge is 2.29. The van der Waals surface area contributed by atoms with Gasteiger partial charge in [0, 0.05) is 36.2 Å². The first-order valence-corrected chi connectivity index (χ1v) is 7.74. The minimum absolute atomic E-state index is 0.0183. The third-order valence-corrected chi connectivity index (χ3v) is 4.19. The van der Waals surface area contributed by atoms with E-state index in [1.807, 2.05) is 18.7 Å². The van der Waals surface area contributed by atoms with Crippen LogP contribution in [0.5, 0.6) is 0 Å². The van der Waals surface area contributed by atoms with Crippen LogP contribution in [0.2, 0.25) is 0 Å². The summed E-state index contributed by atoms with van der Waals surface area (Å²) in [7, 11) is 0. The van der Waals surface area contributed by atoms with E-state index in [4.69, 9.17) is 5.73 Å². The normalized spacial score (nSPS) is 20.1. The molecule has 1 heterocycles. The van der Waals surface area contributed by atoms with E-state index in [2.05, 4.69) is 0 Å². The monoisotopic (exact) mass is 288 g/mol. The van der Waals surface area contributed by atoms with Crippen LogP contribution >= 0.6 is 0 Å². The lowest BCUT2D eigenvalue weighted by atomic mass is 9.95. The summed E-state index contributed by atoms with van der Waals surface area (Å²) in [5.41, 5.74) is 7.31. The standard InChI is InChI=1S/C17H24N2O2/c1-3-16(20)13-7-9-14(10-8-13)17(21)19-11-5-4-6-15(19)12(2)18/h7-10,12,15H,3-6,11,18H2,1-2H3. The fourth-order valence-electron chi connectivity index (χ4n) is 2.92. The molecule has 1 amide bonds. The van der Waals surface area contributed by atoms with Crippen molar-refractivity contribution in [3.63, 3.8) is 0 Å². The number of likely N-dealkylation sites (tertiary alicyclic amines) is 1. The molecule has 1 aliphatic heterocycles. The molecule has 4 nitrogen and oxygen atoms in total. The lowest BCUT2D eigenvalue weighted by molar-refractivity contribution is 0.0583. The number of piperidine rings is 1. The van der Waals surface area contributed by atoms with Crippen molar-refractivity contribution in [1.29, 1.82) is 0 Å². The average molecular weight is 288 g/mol. The second-order valence-electron chi connectivity index (χ2n) is 5.77. The van der Waals surface area contributed by atoms with Gasteiger partial charge in [0.25, 0.3) is 5.91 Å². The summed E-state index contributed by atoms with van der Waals surface area (Å²) < 4.78 is 0. The minimum atomic E-state index is -0.0183. The van der Waals surface area contributed by atoms with Crippen molar-refractivity contribution in [1.82, 2.24) is 4.90 Å². The number of carbonyl (C=O) groups excluding carboxylic acids is 2. The number of nitrogens with two attached hydrogens (primary N) is 1. The van der Waals surface area contributed by atoms with Gasteiger partial charge in [-0.2, -0.15) is 0 Å². The van der Waals surface area contributed by atoms with E-state index < -0.39 is 0 Å². The molecular formula is C17H24N2O2. The summed E-state index contributed by atoms with van der Waals surface area (Å²) in [6, 6.07) is 7.07. The molecule has 1 aromatic carbocycles. The number of hydrogen-bond donors (Lipinski definition) is 1. The second kappa shape index (κ2) is 6.85. The van der Waals surface area contributed by atoms with E-state index in [9.17, 15) is 9.59 Å². The first-order valence-electron chi connectivity index (χ1n) is 7.74. The number of Topliss-reactive ketones (excluding diaryl/α,β-unsaturated/α-hetero) is 1. The second-order valence-corrected chi connectivity index (χ2v) is 5.77. The van der Waals surface area contributed by atoms with Gasteiger partial charge in [0.2, 0.25) is 0 Å². The Balaban J connectivity index is 2.16. The van der Waals surface area contributed by atoms with Crippen molar-refractivity contribution in [2.24, 2.45) is 5.73 Å². The number of benzene rings is 1. The third kappa shape index (κ3) is 3.50. The van der Waals surface area contributed by atoms with Crippen molar-refractivity contribution in [3.8, 4) is 0 Å². The van der Waals surface area contributed by atoms with E-state index in [1.165, 1.54) is 0 Å². The summed E-state index contributed by atoms with van der Waals surface area (Å²) in [6.45, 7) is 4.56. The first-order chi connectivity index (χ1) is 10.0. The zero-order valence-corrected chi connectivity index (χ0v) is 12.8. The highest BCUT2D eigenvalue weighted by atomic mass is 16.2. The van der Waals surface area contributed by atoms with Gasteiger partial charge < -0.3 is 10.6 Å². The van der Waals surface area contributed by atoms with Gasteiger partial charge in [-0.25, -0.2) is 0 Å². The number of hydrogen-bond acceptors (Lipinski definition) is 3. The van der Waals surface area contributed by atoms with E-state index in [0.29, 0.717) is 17.5 Å². The molecule has 0 bridgehead atoms. The number of rotatable bonds is 4. The van der Waals surface area contributed by atoms with Crippen LogP contribution in [-0.2, 0) is 0 Å². The average Bonchev–Trinajstić information content (AvgIpc) is 2.53. The largest absolute Gasteiger partial charge is 0.334 e. The van der Waals surface area contributed by atoms with E-state index in [-0.39, 0.29) is 23.8 Å². The molecule has 2 rings (SSSR count). The Bertz CT molecular complexity index is 508. The molecule has 2 N–H and O–H groups in total. The Labute approximate surface area is 126 Å². The molecule has 2 atom stereocenters. The first kappa shape index (κ1) is 15.7. The molecule has 1 fully saturated rings. The molecule has 114 valence electrons. The maximum absolute atomic E-state index is 12.7. The van der Waals surface area contributed by atoms with Gasteiger partial charge in [-0.3, -0.25) is 9.59 Å². The lowest BCUT2D eigenvalue weighted by Gasteiger charge is -2.38. The van der Waals surface area contributed by atoms with E-state index in [1.54, 1.807) is 24.3 Å². The van der Waals surface area contributed by atoms with Crippen LogP contribution in [0.4, 0.5) is 0 Å². The van der Waals surface area contributed by atoms with E-state index >= 15 is 0 Å². The Morgan fingerprint density at radius 1 is 1.24 bits per heavy atom. The molecule has 0 spiro atoms. The molecule has 2 unspecified atom stereocenters. The van der Waals surface area contributed by atoms with Crippen molar-refractivity contribution >= 4 is 11.7 Å². The van der Waals surface area contributed by atoms with Gasteiger partial charge >= 0.3 is 0 Å². The van der Waals surface area contributed by atoms with Crippen molar-refractivity contribution in [2.45, 2.75) is 51.6 Å². The fraction of sp³-hybridized carbons (Fsp3) is 0.529. The predicted octanol–water partition coefficient (Wildman–Crippen LogP) is 2.62. The summed E-state index contributed by atoms with van der Waals surface area (Å²) in [5.74, 6) is 0.118. The lowest BCUT2D eigenvalue weighted by Crippen LogP contribution is -2.51. The fourth-order valence-corrected chi connectivity index (χ4v) is 2.92. The topological polar surface area (TPSA) is 63.4 Å². The van der Waals surface area contributed by atoms with E-state index in [0.717, 1.165) is 25.8 Å². The maximum atomic E-state index is 12.7. The van der Waals surface area contributed by atoms with Crippen LogP contribution in [0.1, 0.15) is 60.2 Å². The van der Waals surface area contributed by atoms with Gasteiger partial charge in [0.1, 0.15) is 0 Å². The number of nitrogens with zero attached hydrogens (tertiary/aromatic N) is 1. The van der Waals surface area contributed by atoms with Gasteiger partial charge in [-0.15, -0.1) is 0 Å². The molecule has 21 heavy (non-hydrogen) atoms. The molecule has 0 saturated carbocycles. The zero-order valence-electron chi connectivity index (χ0n) is 12.8. The smallest absolute Gasteiger partial charge is 0.254 e. The van der Waals surface area contributed by atoms with Crippen molar-refractivity contribution < 1.29 is 9.59 Å². The molecule has 0 aliphatic carbocycles. The van der Waals surface area contributed by atoms with Crippen LogP contribution in [0.25, 0.3) is 0 Å². The van der Waals surface area contributed by atoms with Crippen LogP contribution in [-0.4, -0.2) is 35.2 Å². The molecule has 0 radical (unpaired) electrons. The minimum Gasteiger partial charge on any atom is -0.334 e. The number of ketones is 1. The predicted molar refractivity (Wildman–Crippen MR) is 83.4 cm³/mol. The summed E-state index contributed by atoms with van der Waals surface area (Å²) in [4.78, 5) is 26.2. The summed E-state index contributed by atoms with van der Waals surface area (Å²) in [5, 5.41) is 0. The molecule has 1 aromatic rings. The maximum Gasteiger partial charge on any atom is 0.254 e. The Kier molecular flexibility index (Phi) is 5.12. The van der Waals surface area contributed by atoms with Crippen LogP contribution < -0.4 is 5.73 Å². The Morgan fingerprint density at radius 2 is 1.86 bits per heavy atom. The quantitative estimate of drug-likeness (QED) is 0.866. The van der Waals surface area contributed by atoms with Gasteiger partial charge in [0.05, 0.1) is 0 Å². The van der Waals surface area contributed by atoms with Crippen LogP contribution in [0.3, 0.4) is 0 Å². The van der Waals surface area contributed by atoms with Crippen molar-refractivity contribution in [2.75, 3.05) is 6.54 Å². The van der Waals surface area contributed by atoms with Crippen LogP contribution in [0, 0.1) is 0 Å². The van der Waals surface area contributed by atoms with Crippen LogP contribution in [0.15, 0.2) is 24.3 Å². The van der Waals surface area contributed by atoms with Gasteiger partial charge in [-0.05, 0) is 38.3 Å². The number of amides is 1. The Morgan fingerprint density at radius 3 is 2.43 bits per heavy atom. The molecule has 1 aliphatic rings. The SMILES string of the molecule is CCC(=O)c1ccc(C(=O)N2CCCCC2C(C)N)cc1. The molecule has 1 saturated heterocycles. The molecular weight excluding hydrogens is 264 g/mol. The summed E-state index contributed by atoms with van der Waals surface area (Å²) >= 11 is 0. The molecule has 0 aromatic heterocycles. The van der Waals surface area contributed by atoms with Gasteiger partial charge in [0.15, 0.2) is 5.78 Å². The third-order valence-electron chi connectivity index (χ3n) is 4.19. The number of carbonyl (C=O) groups is 2. The summed E-state index contributed by atoms with van der Waals surface area (Å²) in [6.07, 6.45) is 3.60. The van der Waals surface area contributed by atoms with Gasteiger partial charge in [-0.1, -0.05) is 19.1 Å². The van der Waals surface area contributed by atoms with Crippen molar-refractivity contribution in [3.05, 3.63) is 35.4 Å². The zero-order chi connectivity index (χ0) is 15.4. The highest BCUT2D eigenvalue weighted by molar-refractivity contribution is 5.98. The molecule has 4 heteroatoms. The highest BCUT2D eigenvalue weighted by Crippen LogP contribution is 2.21.